The van der Waals surface area contributed by atoms with E-state index in [9.17, 15) is 15.0 Å². The summed E-state index contributed by atoms with van der Waals surface area (Å²) in [7, 11) is 3.87. The van der Waals surface area contributed by atoms with Gasteiger partial charge >= 0.3 is 5.97 Å². The van der Waals surface area contributed by atoms with Crippen molar-refractivity contribution in [1.29, 1.82) is 0 Å². The van der Waals surface area contributed by atoms with Crippen molar-refractivity contribution in [2.45, 2.75) is 6.54 Å². The smallest absolute Gasteiger partial charge is 0.337 e. The van der Waals surface area contributed by atoms with Crippen molar-refractivity contribution in [2.24, 2.45) is 0 Å². The lowest BCUT2D eigenvalue weighted by atomic mass is 10.0. The molecule has 6 heteroatoms. The van der Waals surface area contributed by atoms with Gasteiger partial charge in [-0.15, -0.1) is 0 Å². The minimum Gasteiger partial charge on any atom is -0.508 e. The van der Waals surface area contributed by atoms with Crippen molar-refractivity contribution in [3.05, 3.63) is 53.6 Å². The molecule has 0 aliphatic rings. The number of carboxylic acids is 1. The number of hydrogen-bond donors (Lipinski definition) is 2. The van der Waals surface area contributed by atoms with Crippen LogP contribution in [0.25, 0.3) is 32.8 Å². The van der Waals surface area contributed by atoms with Crippen LogP contribution in [0.15, 0.2) is 42.5 Å². The summed E-state index contributed by atoms with van der Waals surface area (Å²) in [5.41, 5.74) is 3.16. The van der Waals surface area contributed by atoms with Crippen LogP contribution in [-0.2, 0) is 6.54 Å². The zero-order valence-corrected chi connectivity index (χ0v) is 14.4. The van der Waals surface area contributed by atoms with Crippen LogP contribution in [0.3, 0.4) is 0 Å². The van der Waals surface area contributed by atoms with Gasteiger partial charge in [-0.1, -0.05) is 12.1 Å². The Morgan fingerprint density at radius 1 is 0.962 bits per heavy atom. The second-order valence-electron chi connectivity index (χ2n) is 6.53. The number of aromatic hydroxyl groups is 1. The maximum Gasteiger partial charge on any atom is 0.337 e. The SMILES string of the molecule is CN(C)Cc1c(O)ccc2c1ccc1nc3cccc(C(=O)O)c3nc12. The van der Waals surface area contributed by atoms with Crippen LogP contribution in [0.1, 0.15) is 15.9 Å². The second kappa shape index (κ2) is 5.93. The molecular weight excluding hydrogens is 330 g/mol. The first-order valence-electron chi connectivity index (χ1n) is 8.18. The summed E-state index contributed by atoms with van der Waals surface area (Å²) in [6.45, 7) is 0.579. The highest BCUT2D eigenvalue weighted by atomic mass is 16.4. The van der Waals surface area contributed by atoms with Gasteiger partial charge in [0.1, 0.15) is 11.3 Å². The zero-order chi connectivity index (χ0) is 18.4. The van der Waals surface area contributed by atoms with Crippen LogP contribution in [0.2, 0.25) is 0 Å². The number of hydrogen-bond acceptors (Lipinski definition) is 5. The van der Waals surface area contributed by atoms with Gasteiger partial charge in [0.15, 0.2) is 0 Å². The largest absolute Gasteiger partial charge is 0.508 e. The molecule has 0 aliphatic carbocycles. The molecule has 4 aromatic rings. The Labute approximate surface area is 149 Å². The van der Waals surface area contributed by atoms with Gasteiger partial charge < -0.3 is 15.1 Å². The molecule has 4 rings (SSSR count). The maximum atomic E-state index is 11.5. The number of aromatic nitrogens is 2. The van der Waals surface area contributed by atoms with E-state index in [2.05, 4.69) is 9.97 Å². The Hall–Kier alpha value is -3.25. The predicted molar refractivity (Wildman–Crippen MR) is 101 cm³/mol. The van der Waals surface area contributed by atoms with Crippen molar-refractivity contribution in [3.63, 3.8) is 0 Å². The molecule has 0 radical (unpaired) electrons. The van der Waals surface area contributed by atoms with Gasteiger partial charge in [0, 0.05) is 17.5 Å². The van der Waals surface area contributed by atoms with Gasteiger partial charge in [-0.05, 0) is 49.8 Å². The summed E-state index contributed by atoms with van der Waals surface area (Å²) in [5, 5.41) is 21.4. The number of benzene rings is 3. The minimum atomic E-state index is -1.03. The van der Waals surface area contributed by atoms with Crippen LogP contribution in [0, 0.1) is 0 Å². The molecule has 6 nitrogen and oxygen atoms in total. The third kappa shape index (κ3) is 2.51. The molecule has 0 fully saturated rings. The third-order valence-electron chi connectivity index (χ3n) is 4.42. The monoisotopic (exact) mass is 347 g/mol. The fourth-order valence-corrected chi connectivity index (χ4v) is 3.27. The van der Waals surface area contributed by atoms with Gasteiger partial charge in [-0.2, -0.15) is 0 Å². The number of carboxylic acid groups (broad SMARTS) is 1. The number of phenolic OH excluding ortho intramolecular Hbond substituents is 1. The summed E-state index contributed by atoms with van der Waals surface area (Å²) in [6, 6.07) is 12.2. The molecule has 0 saturated carbocycles. The van der Waals surface area contributed by atoms with Crippen LogP contribution < -0.4 is 0 Å². The number of rotatable bonds is 3. The molecular formula is C20H17N3O3. The fourth-order valence-electron chi connectivity index (χ4n) is 3.27. The average molecular weight is 347 g/mol. The molecule has 0 unspecified atom stereocenters. The van der Waals surface area contributed by atoms with Crippen LogP contribution >= 0.6 is 0 Å². The van der Waals surface area contributed by atoms with Gasteiger partial charge in [-0.25, -0.2) is 14.8 Å². The molecule has 1 heterocycles. The summed E-state index contributed by atoms with van der Waals surface area (Å²) < 4.78 is 0. The van der Waals surface area contributed by atoms with Crippen molar-refractivity contribution in [2.75, 3.05) is 14.1 Å². The lowest BCUT2D eigenvalue weighted by Crippen LogP contribution is -2.11. The first-order valence-corrected chi connectivity index (χ1v) is 8.18. The van der Waals surface area contributed by atoms with Crippen molar-refractivity contribution < 1.29 is 15.0 Å². The molecule has 2 N–H and O–H groups in total. The van der Waals surface area contributed by atoms with Crippen molar-refractivity contribution in [1.82, 2.24) is 14.9 Å². The van der Waals surface area contributed by atoms with E-state index in [0.717, 1.165) is 16.3 Å². The third-order valence-corrected chi connectivity index (χ3v) is 4.42. The molecule has 0 saturated heterocycles. The van der Waals surface area contributed by atoms with E-state index < -0.39 is 5.97 Å². The van der Waals surface area contributed by atoms with E-state index in [4.69, 9.17) is 0 Å². The Balaban J connectivity index is 2.11. The first-order chi connectivity index (χ1) is 12.5. The van der Waals surface area contributed by atoms with E-state index in [1.165, 1.54) is 6.07 Å². The van der Waals surface area contributed by atoms with Crippen LogP contribution in [0.4, 0.5) is 0 Å². The lowest BCUT2D eigenvalue weighted by molar-refractivity contribution is 0.0699. The number of nitrogens with zero attached hydrogens (tertiary/aromatic N) is 3. The summed E-state index contributed by atoms with van der Waals surface area (Å²) in [5.74, 6) is -0.805. The van der Waals surface area contributed by atoms with Crippen molar-refractivity contribution >= 4 is 38.8 Å². The number of fused-ring (bicyclic) bond motifs is 4. The van der Waals surface area contributed by atoms with E-state index in [-0.39, 0.29) is 11.3 Å². The van der Waals surface area contributed by atoms with Gasteiger partial charge in [-0.3, -0.25) is 0 Å². The van der Waals surface area contributed by atoms with Crippen LogP contribution in [-0.4, -0.2) is 45.1 Å². The highest BCUT2D eigenvalue weighted by Crippen LogP contribution is 2.32. The Bertz CT molecular complexity index is 1190. The molecule has 0 atom stereocenters. The standard InChI is InChI=1S/C20H17N3O3/c1-23(2)10-14-11-6-8-16-18(12(11)7-9-17(14)24)22-19-13(20(25)26)4-3-5-15(19)21-16/h3-9,24H,10H2,1-2H3,(H,25,26). The summed E-state index contributed by atoms with van der Waals surface area (Å²) in [4.78, 5) is 22.7. The topological polar surface area (TPSA) is 86.5 Å². The number of carbonyl (C=O) groups is 1. The molecule has 3 aromatic carbocycles. The molecule has 0 aliphatic heterocycles. The normalized spacial score (nSPS) is 11.7. The molecule has 0 amide bonds. The molecule has 0 spiro atoms. The Morgan fingerprint density at radius 3 is 2.42 bits per heavy atom. The minimum absolute atomic E-state index is 0.126. The maximum absolute atomic E-state index is 11.5. The molecule has 130 valence electrons. The number of aromatic carboxylic acids is 1. The van der Waals surface area contributed by atoms with E-state index in [0.29, 0.717) is 28.6 Å². The second-order valence-corrected chi connectivity index (χ2v) is 6.53. The highest BCUT2D eigenvalue weighted by Gasteiger charge is 2.15. The van der Waals surface area contributed by atoms with E-state index in [1.54, 1.807) is 24.3 Å². The molecule has 0 bridgehead atoms. The summed E-state index contributed by atoms with van der Waals surface area (Å²) >= 11 is 0. The average Bonchev–Trinajstić information content (AvgIpc) is 2.61. The van der Waals surface area contributed by atoms with Gasteiger partial charge in [0.2, 0.25) is 0 Å². The van der Waals surface area contributed by atoms with E-state index in [1.807, 2.05) is 31.1 Å². The van der Waals surface area contributed by atoms with E-state index >= 15 is 0 Å². The quantitative estimate of drug-likeness (QED) is 0.436. The Morgan fingerprint density at radius 2 is 1.69 bits per heavy atom. The van der Waals surface area contributed by atoms with Crippen LogP contribution in [0.5, 0.6) is 5.75 Å². The summed E-state index contributed by atoms with van der Waals surface area (Å²) in [6.07, 6.45) is 0. The fraction of sp³-hybridized carbons (Fsp3) is 0.150. The first kappa shape index (κ1) is 16.2. The molecule has 1 aromatic heterocycles. The van der Waals surface area contributed by atoms with Gasteiger partial charge in [0.05, 0.1) is 22.1 Å². The van der Waals surface area contributed by atoms with Gasteiger partial charge in [0.25, 0.3) is 0 Å². The number of phenols is 1. The lowest BCUT2D eigenvalue weighted by Gasteiger charge is -2.15. The molecule has 26 heavy (non-hydrogen) atoms. The Kier molecular flexibility index (Phi) is 3.70. The van der Waals surface area contributed by atoms with Crippen molar-refractivity contribution in [3.8, 4) is 5.75 Å². The predicted octanol–water partition coefficient (Wildman–Crippen LogP) is 3.40. The number of para-hydroxylation sites is 1. The zero-order valence-electron chi connectivity index (χ0n) is 14.4. The highest BCUT2D eigenvalue weighted by molar-refractivity contribution is 6.09.